The van der Waals surface area contributed by atoms with Crippen molar-refractivity contribution >= 4 is 0 Å². The van der Waals surface area contributed by atoms with Gasteiger partial charge in [0.15, 0.2) is 0 Å². The number of allylic oxidation sites excluding steroid dienone is 2. The summed E-state index contributed by atoms with van der Waals surface area (Å²) < 4.78 is 0.114. The molecule has 0 aromatic heterocycles. The van der Waals surface area contributed by atoms with E-state index in [9.17, 15) is 5.21 Å². The summed E-state index contributed by atoms with van der Waals surface area (Å²) in [6.07, 6.45) is 23.5. The van der Waals surface area contributed by atoms with Gasteiger partial charge in [0.1, 0.15) is 6.54 Å². The molecule has 0 fully saturated rings. The fourth-order valence-corrected chi connectivity index (χ4v) is 2.75. The molecule has 0 aromatic carbocycles. The summed E-state index contributed by atoms with van der Waals surface area (Å²) >= 11 is 0. The minimum Gasteiger partial charge on any atom is -1.00 e. The highest BCUT2D eigenvalue weighted by molar-refractivity contribution is 4.81. The van der Waals surface area contributed by atoms with Crippen molar-refractivity contribution < 1.29 is 22.3 Å². The summed E-state index contributed by atoms with van der Waals surface area (Å²) in [4.78, 5) is 0. The fourth-order valence-electron chi connectivity index (χ4n) is 2.75. The van der Waals surface area contributed by atoms with Crippen molar-refractivity contribution in [2.24, 2.45) is 0 Å². The Morgan fingerprint density at radius 2 is 1.04 bits per heavy atom. The highest BCUT2D eigenvalue weighted by Gasteiger charge is 2.08. The van der Waals surface area contributed by atoms with E-state index in [2.05, 4.69) is 19.1 Å². The summed E-state index contributed by atoms with van der Waals surface area (Å²) in [5.41, 5.74) is 0. The summed E-state index contributed by atoms with van der Waals surface area (Å²) in [6.45, 7) is 3.15. The topological polar surface area (TPSA) is 20.2 Å². The zero-order chi connectivity index (χ0) is 16.5. The van der Waals surface area contributed by atoms with Crippen LogP contribution in [0.15, 0.2) is 12.2 Å². The van der Waals surface area contributed by atoms with Crippen LogP contribution in [0, 0.1) is 0 Å². The van der Waals surface area contributed by atoms with E-state index in [4.69, 9.17) is 0 Å². The molecule has 0 radical (unpaired) electrons. The number of hydrogen-bond acceptors (Lipinski definition) is 1. The van der Waals surface area contributed by atoms with Crippen molar-refractivity contribution in [2.75, 3.05) is 20.6 Å². The average molecular weight is 348 g/mol. The Bertz CT molecular complexity index is 249. The molecule has 3 heteroatoms. The SMILES string of the molecule is CCCCCCCC/C=C\CCCCCCCC[N+](C)(C)O.[Cl-]. The number of unbranched alkanes of at least 4 members (excludes halogenated alkanes) is 12. The first-order valence-corrected chi connectivity index (χ1v) is 9.77. The minimum absolute atomic E-state index is 0. The van der Waals surface area contributed by atoms with Crippen LogP contribution in [-0.4, -0.2) is 30.5 Å². The molecule has 0 heterocycles. The summed E-state index contributed by atoms with van der Waals surface area (Å²) in [5, 5.41) is 9.56. The van der Waals surface area contributed by atoms with Crippen molar-refractivity contribution in [3.05, 3.63) is 12.2 Å². The molecule has 0 bridgehead atoms. The van der Waals surface area contributed by atoms with Gasteiger partial charge in [-0.15, -0.1) is 0 Å². The van der Waals surface area contributed by atoms with Crippen LogP contribution in [0.2, 0.25) is 0 Å². The molecule has 140 valence electrons. The first-order chi connectivity index (χ1) is 10.6. The van der Waals surface area contributed by atoms with Crippen LogP contribution in [-0.2, 0) is 0 Å². The van der Waals surface area contributed by atoms with E-state index in [1.165, 1.54) is 83.5 Å². The lowest BCUT2D eigenvalue weighted by molar-refractivity contribution is -1.07. The van der Waals surface area contributed by atoms with Gasteiger partial charge < -0.3 is 12.4 Å². The molecule has 0 rings (SSSR count). The van der Waals surface area contributed by atoms with E-state index in [0.717, 1.165) is 13.0 Å². The van der Waals surface area contributed by atoms with Gasteiger partial charge in [0, 0.05) is 0 Å². The minimum atomic E-state index is 0. The average Bonchev–Trinajstić information content (AvgIpc) is 2.45. The van der Waals surface area contributed by atoms with E-state index in [1.54, 1.807) is 0 Å². The van der Waals surface area contributed by atoms with E-state index in [0.29, 0.717) is 0 Å². The third-order valence-electron chi connectivity index (χ3n) is 4.22. The fraction of sp³-hybridized carbons (Fsp3) is 0.900. The lowest BCUT2D eigenvalue weighted by Crippen LogP contribution is -3.00. The Morgan fingerprint density at radius 3 is 1.48 bits per heavy atom. The molecule has 0 unspecified atom stereocenters. The smallest absolute Gasteiger partial charge is 0.108 e. The Labute approximate surface area is 152 Å². The Morgan fingerprint density at radius 1 is 0.652 bits per heavy atom. The second-order valence-corrected chi connectivity index (χ2v) is 7.28. The van der Waals surface area contributed by atoms with Crippen LogP contribution in [0.5, 0.6) is 0 Å². The second-order valence-electron chi connectivity index (χ2n) is 7.28. The first kappa shape index (κ1) is 25.2. The molecule has 0 spiro atoms. The maximum absolute atomic E-state index is 9.56. The maximum Gasteiger partial charge on any atom is 0.108 e. The molecule has 1 N–H and O–H groups in total. The van der Waals surface area contributed by atoms with Crippen LogP contribution in [0.4, 0.5) is 0 Å². The van der Waals surface area contributed by atoms with Crippen LogP contribution >= 0.6 is 0 Å². The number of hydroxylamine groups is 3. The van der Waals surface area contributed by atoms with Gasteiger partial charge >= 0.3 is 0 Å². The number of rotatable bonds is 16. The van der Waals surface area contributed by atoms with Crippen LogP contribution in [0.25, 0.3) is 0 Å². The molecule has 0 atom stereocenters. The van der Waals surface area contributed by atoms with Crippen molar-refractivity contribution in [1.82, 2.24) is 0 Å². The standard InChI is InChI=1S/C20H42NO.ClH/c1-4-5-6-7-8-9-10-11-12-13-14-15-16-17-18-19-20-21(2,3)22;/h11-12,22H,4-10,13-20H2,1-3H3;1H/q+1;/p-1/b12-11-;. The molecule has 0 aliphatic heterocycles. The van der Waals surface area contributed by atoms with Crippen LogP contribution in [0.3, 0.4) is 0 Å². The number of halogens is 1. The number of quaternary nitrogens is 1. The zero-order valence-corrected chi connectivity index (χ0v) is 16.8. The summed E-state index contributed by atoms with van der Waals surface area (Å²) in [7, 11) is 3.69. The lowest BCUT2D eigenvalue weighted by Gasteiger charge is -2.18. The summed E-state index contributed by atoms with van der Waals surface area (Å²) in [5.74, 6) is 0. The van der Waals surface area contributed by atoms with Crippen molar-refractivity contribution in [3.63, 3.8) is 0 Å². The van der Waals surface area contributed by atoms with Crippen LogP contribution in [0.1, 0.15) is 96.8 Å². The molecule has 0 aliphatic carbocycles. The van der Waals surface area contributed by atoms with Gasteiger partial charge in [-0.2, -0.15) is 4.65 Å². The monoisotopic (exact) mass is 347 g/mol. The Balaban J connectivity index is 0. The molecule has 0 amide bonds. The van der Waals surface area contributed by atoms with Crippen molar-refractivity contribution in [1.29, 1.82) is 0 Å². The van der Waals surface area contributed by atoms with Gasteiger partial charge in [-0.3, -0.25) is 0 Å². The van der Waals surface area contributed by atoms with Crippen LogP contribution < -0.4 is 12.4 Å². The molecule has 2 nitrogen and oxygen atoms in total. The Hall–Kier alpha value is -0.0500. The zero-order valence-electron chi connectivity index (χ0n) is 16.0. The van der Waals surface area contributed by atoms with E-state index in [-0.39, 0.29) is 17.1 Å². The largest absolute Gasteiger partial charge is 1.00 e. The summed E-state index contributed by atoms with van der Waals surface area (Å²) in [6, 6.07) is 0. The van der Waals surface area contributed by atoms with Gasteiger partial charge in [-0.1, -0.05) is 70.4 Å². The quantitative estimate of drug-likeness (QED) is 0.196. The predicted octanol–water partition coefficient (Wildman–Crippen LogP) is 3.49. The third kappa shape index (κ3) is 24.3. The second kappa shape index (κ2) is 18.3. The Kier molecular flexibility index (Phi) is 20.0. The first-order valence-electron chi connectivity index (χ1n) is 9.77. The maximum atomic E-state index is 9.56. The predicted molar refractivity (Wildman–Crippen MR) is 98.2 cm³/mol. The number of nitrogens with zero attached hydrogens (tertiary/aromatic N) is 1. The molecule has 23 heavy (non-hydrogen) atoms. The van der Waals surface area contributed by atoms with Crippen molar-refractivity contribution in [3.8, 4) is 0 Å². The molecule has 0 aliphatic rings. The molecule has 0 saturated heterocycles. The van der Waals surface area contributed by atoms with E-state index in [1.807, 2.05) is 14.1 Å². The van der Waals surface area contributed by atoms with Gasteiger partial charge in [-0.05, 0) is 38.5 Å². The molecular weight excluding hydrogens is 306 g/mol. The highest BCUT2D eigenvalue weighted by atomic mass is 35.5. The lowest BCUT2D eigenvalue weighted by atomic mass is 10.1. The van der Waals surface area contributed by atoms with Gasteiger partial charge in [0.05, 0.1) is 14.1 Å². The molecular formula is C20H42ClNO. The number of hydrogen-bond donors (Lipinski definition) is 1. The van der Waals surface area contributed by atoms with E-state index < -0.39 is 0 Å². The highest BCUT2D eigenvalue weighted by Crippen LogP contribution is 2.10. The normalized spacial score (nSPS) is 11.8. The van der Waals surface area contributed by atoms with Crippen molar-refractivity contribution in [2.45, 2.75) is 96.8 Å². The molecule has 0 saturated carbocycles. The van der Waals surface area contributed by atoms with Gasteiger partial charge in [0.2, 0.25) is 0 Å². The van der Waals surface area contributed by atoms with E-state index >= 15 is 0 Å². The molecule has 0 aromatic rings. The van der Waals surface area contributed by atoms with Gasteiger partial charge in [0.25, 0.3) is 0 Å². The third-order valence-corrected chi connectivity index (χ3v) is 4.22. The van der Waals surface area contributed by atoms with Gasteiger partial charge in [-0.25, -0.2) is 5.21 Å².